The fraction of sp³-hybridized carbons (Fsp3) is 0.429. The first-order valence-corrected chi connectivity index (χ1v) is 9.71. The third kappa shape index (κ3) is 3.95. The lowest BCUT2D eigenvalue weighted by Crippen LogP contribution is -2.47. The highest BCUT2D eigenvalue weighted by Gasteiger charge is 2.41. The maximum absolute atomic E-state index is 13.1. The molecular formula is C21H25N3O4. The number of likely N-dealkylation sites (tertiary alicyclic amines) is 1. The Hall–Kier alpha value is -2.64. The van der Waals surface area contributed by atoms with Crippen molar-refractivity contribution in [3.63, 3.8) is 0 Å². The average molecular weight is 383 g/mol. The molecule has 0 bridgehead atoms. The molecule has 1 N–H and O–H groups in total. The number of carbonyl (C=O) groups is 1. The standard InChI is InChI=1S/C21H25N3O4/c1-2-26-17-7-5-16(6-8-17)23-19-18(4-3-11-22-19)20(25)24-12-9-21(10-13-24)27-14-15-28-21/h3-8,11H,2,9-10,12-15H2,1H3,(H,22,23). The first kappa shape index (κ1) is 18.7. The van der Waals surface area contributed by atoms with Crippen molar-refractivity contribution in [1.29, 1.82) is 0 Å². The number of hydrogen-bond acceptors (Lipinski definition) is 6. The van der Waals surface area contributed by atoms with Gasteiger partial charge in [-0.15, -0.1) is 0 Å². The molecule has 2 aliphatic rings. The number of ether oxygens (including phenoxy) is 3. The molecule has 2 aliphatic heterocycles. The van der Waals surface area contributed by atoms with E-state index in [4.69, 9.17) is 14.2 Å². The normalized spacial score (nSPS) is 18.2. The highest BCUT2D eigenvalue weighted by Crippen LogP contribution is 2.32. The number of carbonyl (C=O) groups excluding carboxylic acids is 1. The summed E-state index contributed by atoms with van der Waals surface area (Å²) in [7, 11) is 0. The van der Waals surface area contributed by atoms with E-state index < -0.39 is 5.79 Å². The van der Waals surface area contributed by atoms with Crippen molar-refractivity contribution in [2.45, 2.75) is 25.6 Å². The molecular weight excluding hydrogens is 358 g/mol. The molecule has 2 saturated heterocycles. The zero-order chi connectivity index (χ0) is 19.4. The van der Waals surface area contributed by atoms with Crippen molar-refractivity contribution in [3.8, 4) is 5.75 Å². The maximum Gasteiger partial charge on any atom is 0.257 e. The van der Waals surface area contributed by atoms with Crippen LogP contribution in [-0.2, 0) is 9.47 Å². The first-order valence-electron chi connectivity index (χ1n) is 9.71. The highest BCUT2D eigenvalue weighted by atomic mass is 16.7. The van der Waals surface area contributed by atoms with E-state index >= 15 is 0 Å². The maximum atomic E-state index is 13.1. The number of nitrogens with one attached hydrogen (secondary N) is 1. The van der Waals surface area contributed by atoms with Crippen LogP contribution in [0.5, 0.6) is 5.75 Å². The van der Waals surface area contributed by atoms with Crippen LogP contribution in [-0.4, -0.2) is 54.5 Å². The molecule has 148 valence electrons. The van der Waals surface area contributed by atoms with E-state index in [0.717, 1.165) is 11.4 Å². The van der Waals surface area contributed by atoms with Crippen molar-refractivity contribution in [2.24, 2.45) is 0 Å². The summed E-state index contributed by atoms with van der Waals surface area (Å²) in [5, 5.41) is 3.25. The Morgan fingerprint density at radius 3 is 2.57 bits per heavy atom. The second kappa shape index (κ2) is 8.16. The van der Waals surface area contributed by atoms with Crippen molar-refractivity contribution < 1.29 is 19.0 Å². The predicted molar refractivity (Wildman–Crippen MR) is 105 cm³/mol. The Balaban J connectivity index is 1.45. The molecule has 0 saturated carbocycles. The van der Waals surface area contributed by atoms with E-state index in [9.17, 15) is 4.79 Å². The minimum Gasteiger partial charge on any atom is -0.494 e. The van der Waals surface area contributed by atoms with Gasteiger partial charge < -0.3 is 24.4 Å². The van der Waals surface area contributed by atoms with Crippen LogP contribution < -0.4 is 10.1 Å². The molecule has 3 heterocycles. The van der Waals surface area contributed by atoms with Crippen molar-refractivity contribution in [1.82, 2.24) is 9.88 Å². The number of benzene rings is 1. The summed E-state index contributed by atoms with van der Waals surface area (Å²) in [6, 6.07) is 11.2. The van der Waals surface area contributed by atoms with Gasteiger partial charge in [-0.1, -0.05) is 0 Å². The molecule has 0 radical (unpaired) electrons. The van der Waals surface area contributed by atoms with E-state index in [1.807, 2.05) is 36.1 Å². The fourth-order valence-electron chi connectivity index (χ4n) is 3.62. The summed E-state index contributed by atoms with van der Waals surface area (Å²) in [5.41, 5.74) is 1.40. The van der Waals surface area contributed by atoms with Crippen LogP contribution in [0.1, 0.15) is 30.1 Å². The van der Waals surface area contributed by atoms with E-state index in [0.29, 0.717) is 57.1 Å². The number of aromatic nitrogens is 1. The van der Waals surface area contributed by atoms with E-state index in [-0.39, 0.29) is 5.91 Å². The third-order valence-electron chi connectivity index (χ3n) is 5.09. The monoisotopic (exact) mass is 383 g/mol. The summed E-state index contributed by atoms with van der Waals surface area (Å²) in [6.45, 7) is 5.05. The smallest absolute Gasteiger partial charge is 0.257 e. The molecule has 0 unspecified atom stereocenters. The number of piperidine rings is 1. The van der Waals surface area contributed by atoms with Gasteiger partial charge in [-0.25, -0.2) is 4.98 Å². The molecule has 1 spiro atoms. The van der Waals surface area contributed by atoms with Gasteiger partial charge in [0.2, 0.25) is 0 Å². The van der Waals surface area contributed by atoms with E-state index in [1.54, 1.807) is 18.3 Å². The first-order chi connectivity index (χ1) is 13.7. The van der Waals surface area contributed by atoms with Gasteiger partial charge in [-0.2, -0.15) is 0 Å². The van der Waals surface area contributed by atoms with Gasteiger partial charge in [-0.3, -0.25) is 4.79 Å². The minimum absolute atomic E-state index is 0.0330. The van der Waals surface area contributed by atoms with Gasteiger partial charge in [0.1, 0.15) is 11.6 Å². The van der Waals surface area contributed by atoms with E-state index in [1.165, 1.54) is 0 Å². The van der Waals surface area contributed by atoms with Crippen LogP contribution in [0.4, 0.5) is 11.5 Å². The molecule has 7 heteroatoms. The molecule has 0 atom stereocenters. The van der Waals surface area contributed by atoms with Gasteiger partial charge in [0.15, 0.2) is 5.79 Å². The van der Waals surface area contributed by atoms with Crippen LogP contribution >= 0.6 is 0 Å². The number of amides is 1. The topological polar surface area (TPSA) is 72.9 Å². The highest BCUT2D eigenvalue weighted by molar-refractivity contribution is 5.99. The fourth-order valence-corrected chi connectivity index (χ4v) is 3.62. The molecule has 7 nitrogen and oxygen atoms in total. The lowest BCUT2D eigenvalue weighted by molar-refractivity contribution is -0.181. The Labute approximate surface area is 164 Å². The molecule has 1 aromatic heterocycles. The molecule has 0 aliphatic carbocycles. The quantitative estimate of drug-likeness (QED) is 0.855. The van der Waals surface area contributed by atoms with Crippen LogP contribution in [0.25, 0.3) is 0 Å². The lowest BCUT2D eigenvalue weighted by atomic mass is 10.0. The molecule has 28 heavy (non-hydrogen) atoms. The number of rotatable bonds is 5. The molecule has 2 aromatic rings. The lowest BCUT2D eigenvalue weighted by Gasteiger charge is -2.37. The average Bonchev–Trinajstić information content (AvgIpc) is 3.18. The van der Waals surface area contributed by atoms with Crippen molar-refractivity contribution in [3.05, 3.63) is 48.2 Å². The van der Waals surface area contributed by atoms with Crippen LogP contribution in [0.3, 0.4) is 0 Å². The van der Waals surface area contributed by atoms with Crippen LogP contribution in [0.2, 0.25) is 0 Å². The zero-order valence-electron chi connectivity index (χ0n) is 16.0. The zero-order valence-corrected chi connectivity index (χ0v) is 16.0. The van der Waals surface area contributed by atoms with Gasteiger partial charge in [-0.05, 0) is 43.3 Å². The molecule has 4 rings (SSSR count). The van der Waals surface area contributed by atoms with Gasteiger partial charge in [0, 0.05) is 37.8 Å². The van der Waals surface area contributed by atoms with Gasteiger partial charge in [0.25, 0.3) is 5.91 Å². The summed E-state index contributed by atoms with van der Waals surface area (Å²) in [6.07, 6.45) is 3.07. The van der Waals surface area contributed by atoms with Gasteiger partial charge in [0.05, 0.1) is 25.4 Å². The Morgan fingerprint density at radius 1 is 1.18 bits per heavy atom. The molecule has 1 amide bonds. The number of hydrogen-bond donors (Lipinski definition) is 1. The summed E-state index contributed by atoms with van der Waals surface area (Å²) in [5.74, 6) is 0.832. The predicted octanol–water partition coefficient (Wildman–Crippen LogP) is 3.20. The third-order valence-corrected chi connectivity index (χ3v) is 5.09. The summed E-state index contributed by atoms with van der Waals surface area (Å²) >= 11 is 0. The second-order valence-electron chi connectivity index (χ2n) is 6.88. The minimum atomic E-state index is -0.491. The Morgan fingerprint density at radius 2 is 1.89 bits per heavy atom. The largest absolute Gasteiger partial charge is 0.494 e. The van der Waals surface area contributed by atoms with E-state index in [2.05, 4.69) is 10.3 Å². The van der Waals surface area contributed by atoms with Crippen molar-refractivity contribution in [2.75, 3.05) is 38.2 Å². The van der Waals surface area contributed by atoms with Crippen LogP contribution in [0.15, 0.2) is 42.6 Å². The summed E-state index contributed by atoms with van der Waals surface area (Å²) in [4.78, 5) is 19.3. The van der Waals surface area contributed by atoms with Crippen molar-refractivity contribution >= 4 is 17.4 Å². The SMILES string of the molecule is CCOc1ccc(Nc2ncccc2C(=O)N2CCC3(CC2)OCCO3)cc1. The number of pyridine rings is 1. The van der Waals surface area contributed by atoms with Gasteiger partial charge >= 0.3 is 0 Å². The summed E-state index contributed by atoms with van der Waals surface area (Å²) < 4.78 is 17.0. The Kier molecular flexibility index (Phi) is 5.45. The number of anilines is 2. The van der Waals surface area contributed by atoms with Crippen LogP contribution in [0, 0.1) is 0 Å². The molecule has 1 aromatic carbocycles. The number of nitrogens with zero attached hydrogens (tertiary/aromatic N) is 2. The molecule has 2 fully saturated rings. The Bertz CT molecular complexity index is 809. The second-order valence-corrected chi connectivity index (χ2v) is 6.88.